The van der Waals surface area contributed by atoms with Crippen LogP contribution in [0.3, 0.4) is 0 Å². The van der Waals surface area contributed by atoms with Crippen molar-refractivity contribution in [1.29, 1.82) is 0 Å². The average Bonchev–Trinajstić information content (AvgIpc) is 2.34. The molecule has 1 aliphatic carbocycles. The quantitative estimate of drug-likeness (QED) is 0.800. The monoisotopic (exact) mass is 276 g/mol. The zero-order valence-corrected chi connectivity index (χ0v) is 12.1. The number of amides is 1. The molecule has 1 heterocycles. The van der Waals surface area contributed by atoms with E-state index in [1.165, 1.54) is 12.8 Å². The van der Waals surface area contributed by atoms with Crippen molar-refractivity contribution in [3.8, 4) is 0 Å². The topological polar surface area (TPSA) is 50.4 Å². The van der Waals surface area contributed by atoms with Crippen molar-refractivity contribution in [2.75, 3.05) is 19.7 Å². The molecule has 0 aromatic carbocycles. The summed E-state index contributed by atoms with van der Waals surface area (Å²) in [5.74, 6) is 1.44. The molecule has 2 aliphatic rings. The molecule has 1 amide bonds. The van der Waals surface area contributed by atoms with E-state index >= 15 is 0 Å². The molecule has 1 aliphatic heterocycles. The summed E-state index contributed by atoms with van der Waals surface area (Å²) < 4.78 is 5.46. The number of hydrogen-bond acceptors (Lipinski definition) is 3. The molecule has 0 aromatic rings. The van der Waals surface area contributed by atoms with Crippen LogP contribution in [0.5, 0.6) is 0 Å². The Morgan fingerprint density at radius 3 is 2.72 bits per heavy atom. The van der Waals surface area contributed by atoms with E-state index in [4.69, 9.17) is 4.74 Å². The van der Waals surface area contributed by atoms with Crippen LogP contribution in [0.2, 0.25) is 0 Å². The van der Waals surface area contributed by atoms with Crippen LogP contribution in [0.4, 0.5) is 0 Å². The zero-order chi connectivity index (χ0) is 12.3. The van der Waals surface area contributed by atoms with Gasteiger partial charge in [-0.25, -0.2) is 0 Å². The number of hydrogen-bond donors (Lipinski definition) is 2. The van der Waals surface area contributed by atoms with Gasteiger partial charge in [-0.1, -0.05) is 13.8 Å². The van der Waals surface area contributed by atoms with Gasteiger partial charge < -0.3 is 15.4 Å². The number of nitrogens with one attached hydrogen (secondary N) is 2. The van der Waals surface area contributed by atoms with Crippen molar-refractivity contribution in [3.05, 3.63) is 0 Å². The lowest BCUT2D eigenvalue weighted by molar-refractivity contribution is -0.135. The number of carbonyl (C=O) groups is 1. The highest BCUT2D eigenvalue weighted by molar-refractivity contribution is 5.85. The number of morpholine rings is 1. The van der Waals surface area contributed by atoms with Crippen molar-refractivity contribution in [2.45, 2.75) is 45.3 Å². The third kappa shape index (κ3) is 4.11. The van der Waals surface area contributed by atoms with Gasteiger partial charge in [-0.2, -0.15) is 0 Å². The molecule has 2 N–H and O–H groups in total. The molecular formula is C13H25ClN2O2. The second-order valence-corrected chi connectivity index (χ2v) is 5.57. The van der Waals surface area contributed by atoms with Crippen LogP contribution in [0.1, 0.15) is 33.1 Å². The van der Waals surface area contributed by atoms with E-state index < -0.39 is 0 Å². The third-order valence-corrected chi connectivity index (χ3v) is 3.98. The minimum absolute atomic E-state index is 0. The molecule has 1 saturated carbocycles. The molecule has 0 bridgehead atoms. The predicted octanol–water partition coefficient (Wildman–Crippen LogP) is 1.34. The summed E-state index contributed by atoms with van der Waals surface area (Å²) in [6, 6.07) is 0.337. The van der Waals surface area contributed by atoms with Gasteiger partial charge in [0.25, 0.3) is 5.91 Å². The molecule has 106 valence electrons. The molecule has 2 fully saturated rings. The fraction of sp³-hybridized carbons (Fsp3) is 0.923. The molecule has 4 unspecified atom stereocenters. The lowest BCUT2D eigenvalue weighted by atomic mass is 9.80. The molecule has 0 spiro atoms. The fourth-order valence-electron chi connectivity index (χ4n) is 2.89. The van der Waals surface area contributed by atoms with Crippen molar-refractivity contribution >= 4 is 18.3 Å². The summed E-state index contributed by atoms with van der Waals surface area (Å²) in [7, 11) is 0. The molecule has 0 aromatic heterocycles. The zero-order valence-electron chi connectivity index (χ0n) is 11.3. The summed E-state index contributed by atoms with van der Waals surface area (Å²) in [5.41, 5.74) is 0. The molecule has 4 atom stereocenters. The molecule has 1 saturated heterocycles. The fourth-order valence-corrected chi connectivity index (χ4v) is 2.89. The van der Waals surface area contributed by atoms with Gasteiger partial charge in [-0.05, 0) is 31.1 Å². The second kappa shape index (κ2) is 7.31. The first kappa shape index (κ1) is 15.7. The van der Waals surface area contributed by atoms with Crippen LogP contribution in [0, 0.1) is 11.8 Å². The molecule has 5 heteroatoms. The van der Waals surface area contributed by atoms with E-state index in [0.29, 0.717) is 25.1 Å². The normalized spacial score (nSPS) is 36.6. The van der Waals surface area contributed by atoms with Crippen molar-refractivity contribution in [3.63, 3.8) is 0 Å². The maximum atomic E-state index is 12.0. The third-order valence-electron chi connectivity index (χ3n) is 3.98. The van der Waals surface area contributed by atoms with E-state index in [2.05, 4.69) is 24.5 Å². The second-order valence-electron chi connectivity index (χ2n) is 5.57. The molecule has 0 radical (unpaired) electrons. The summed E-state index contributed by atoms with van der Waals surface area (Å²) in [6.45, 7) is 6.66. The Kier molecular flexibility index (Phi) is 6.39. The Morgan fingerprint density at radius 2 is 2.11 bits per heavy atom. The standard InChI is InChI=1S/C13H24N2O2.ClH/c1-9-3-4-11(10(2)7-9)15-13(16)12-8-14-5-6-17-12;/h9-12,14H,3-8H2,1-2H3,(H,15,16);1H. The van der Waals surface area contributed by atoms with Crippen LogP contribution >= 0.6 is 12.4 Å². The number of halogens is 1. The first-order valence-corrected chi connectivity index (χ1v) is 6.79. The van der Waals surface area contributed by atoms with E-state index in [1.54, 1.807) is 0 Å². The molecular weight excluding hydrogens is 252 g/mol. The number of rotatable bonds is 2. The van der Waals surface area contributed by atoms with Gasteiger partial charge in [0, 0.05) is 19.1 Å². The SMILES string of the molecule is CC1CCC(NC(=O)C2CNCCO2)C(C)C1.Cl. The van der Waals surface area contributed by atoms with Crippen molar-refractivity contribution < 1.29 is 9.53 Å². The highest BCUT2D eigenvalue weighted by atomic mass is 35.5. The molecule has 4 nitrogen and oxygen atoms in total. The van der Waals surface area contributed by atoms with Gasteiger partial charge in [-0.15, -0.1) is 12.4 Å². The van der Waals surface area contributed by atoms with E-state index in [1.807, 2.05) is 0 Å². The average molecular weight is 277 g/mol. The Hall–Kier alpha value is -0.320. The first-order chi connectivity index (χ1) is 8.16. The Morgan fingerprint density at radius 1 is 1.33 bits per heavy atom. The van der Waals surface area contributed by atoms with Crippen LogP contribution in [-0.2, 0) is 9.53 Å². The van der Waals surface area contributed by atoms with E-state index in [9.17, 15) is 4.79 Å². The first-order valence-electron chi connectivity index (χ1n) is 6.79. The number of carbonyl (C=O) groups excluding carboxylic acids is 1. The minimum Gasteiger partial charge on any atom is -0.366 e. The smallest absolute Gasteiger partial charge is 0.250 e. The highest BCUT2D eigenvalue weighted by Crippen LogP contribution is 2.28. The highest BCUT2D eigenvalue weighted by Gasteiger charge is 2.29. The van der Waals surface area contributed by atoms with Crippen LogP contribution in [-0.4, -0.2) is 37.7 Å². The Labute approximate surface area is 116 Å². The van der Waals surface area contributed by atoms with Gasteiger partial charge in [0.05, 0.1) is 6.61 Å². The van der Waals surface area contributed by atoms with Gasteiger partial charge >= 0.3 is 0 Å². The van der Waals surface area contributed by atoms with Crippen molar-refractivity contribution in [2.24, 2.45) is 11.8 Å². The summed E-state index contributed by atoms with van der Waals surface area (Å²) in [4.78, 5) is 12.0. The maximum Gasteiger partial charge on any atom is 0.250 e. The Bertz CT molecular complexity index is 270. The lowest BCUT2D eigenvalue weighted by Crippen LogP contribution is -2.52. The predicted molar refractivity (Wildman–Crippen MR) is 74.0 cm³/mol. The van der Waals surface area contributed by atoms with Gasteiger partial charge in [-0.3, -0.25) is 4.79 Å². The van der Waals surface area contributed by atoms with Gasteiger partial charge in [0.2, 0.25) is 0 Å². The van der Waals surface area contributed by atoms with Crippen LogP contribution in [0.15, 0.2) is 0 Å². The van der Waals surface area contributed by atoms with Gasteiger partial charge in [0.15, 0.2) is 0 Å². The van der Waals surface area contributed by atoms with Crippen molar-refractivity contribution in [1.82, 2.24) is 10.6 Å². The molecule has 18 heavy (non-hydrogen) atoms. The van der Waals surface area contributed by atoms with Crippen LogP contribution in [0.25, 0.3) is 0 Å². The maximum absolute atomic E-state index is 12.0. The minimum atomic E-state index is -0.296. The van der Waals surface area contributed by atoms with Crippen LogP contribution < -0.4 is 10.6 Å². The molecule has 2 rings (SSSR count). The Balaban J connectivity index is 0.00000162. The summed E-state index contributed by atoms with van der Waals surface area (Å²) in [5, 5.41) is 6.34. The summed E-state index contributed by atoms with van der Waals surface area (Å²) in [6.07, 6.45) is 3.25. The number of ether oxygens (including phenoxy) is 1. The van der Waals surface area contributed by atoms with E-state index in [0.717, 1.165) is 18.9 Å². The largest absolute Gasteiger partial charge is 0.366 e. The lowest BCUT2D eigenvalue weighted by Gasteiger charge is -2.34. The summed E-state index contributed by atoms with van der Waals surface area (Å²) >= 11 is 0. The van der Waals surface area contributed by atoms with E-state index in [-0.39, 0.29) is 24.4 Å². The van der Waals surface area contributed by atoms with Gasteiger partial charge in [0.1, 0.15) is 6.10 Å².